The average Bonchev–Trinajstić information content (AvgIpc) is 2.41. The maximum absolute atomic E-state index is 10.9. The van der Waals surface area contributed by atoms with Crippen LogP contribution in [0.2, 0.25) is 0 Å². The second-order valence-corrected chi connectivity index (χ2v) is 4.38. The van der Waals surface area contributed by atoms with Crippen molar-refractivity contribution in [2.45, 2.75) is 44.3 Å². The Balaban J connectivity index is 2.11. The Kier molecular flexibility index (Phi) is 1.49. The smallest absolute Gasteiger partial charge is 0.306 e. The van der Waals surface area contributed by atoms with E-state index in [4.69, 9.17) is 9.47 Å². The molecule has 0 aromatic rings. The van der Waals surface area contributed by atoms with Crippen LogP contribution in [0.5, 0.6) is 0 Å². The van der Waals surface area contributed by atoms with Crippen molar-refractivity contribution in [2.24, 2.45) is 0 Å². The van der Waals surface area contributed by atoms with Gasteiger partial charge in [-0.2, -0.15) is 0 Å². The minimum Gasteiger partial charge on any atom is -0.456 e. The van der Waals surface area contributed by atoms with Crippen LogP contribution in [0.4, 0.5) is 0 Å². The summed E-state index contributed by atoms with van der Waals surface area (Å²) in [6.07, 6.45) is 2.22. The van der Waals surface area contributed by atoms with Gasteiger partial charge in [-0.05, 0) is 13.8 Å². The molecule has 0 saturated carbocycles. The Labute approximate surface area is 72.0 Å². The minimum absolute atomic E-state index is 0.0729. The summed E-state index contributed by atoms with van der Waals surface area (Å²) in [4.78, 5) is 10.9. The molecule has 1 unspecified atom stereocenters. The van der Waals surface area contributed by atoms with Crippen LogP contribution >= 0.6 is 0 Å². The highest BCUT2D eigenvalue weighted by atomic mass is 16.6. The fourth-order valence-electron chi connectivity index (χ4n) is 2.10. The molecule has 2 aliphatic rings. The molecule has 0 radical (unpaired) electrons. The maximum atomic E-state index is 10.9. The molecule has 0 bridgehead atoms. The SMILES string of the molecule is CC1(C)CC2(CCC(=O)O2)CO1. The average molecular weight is 170 g/mol. The molecule has 3 heteroatoms. The number of rotatable bonds is 0. The Morgan fingerprint density at radius 3 is 2.58 bits per heavy atom. The molecule has 0 amide bonds. The van der Waals surface area contributed by atoms with E-state index in [1.807, 2.05) is 13.8 Å². The predicted molar refractivity (Wildman–Crippen MR) is 42.7 cm³/mol. The predicted octanol–water partition coefficient (Wildman–Crippen LogP) is 1.26. The van der Waals surface area contributed by atoms with Crippen LogP contribution in [0.15, 0.2) is 0 Å². The monoisotopic (exact) mass is 170 g/mol. The van der Waals surface area contributed by atoms with Crippen molar-refractivity contribution in [2.75, 3.05) is 6.61 Å². The molecule has 0 N–H and O–H groups in total. The van der Waals surface area contributed by atoms with Gasteiger partial charge in [0.05, 0.1) is 12.2 Å². The first-order chi connectivity index (χ1) is 5.52. The molecular weight excluding hydrogens is 156 g/mol. The van der Waals surface area contributed by atoms with Crippen LogP contribution in [0, 0.1) is 0 Å². The summed E-state index contributed by atoms with van der Waals surface area (Å²) < 4.78 is 10.8. The van der Waals surface area contributed by atoms with Crippen molar-refractivity contribution in [3.05, 3.63) is 0 Å². The topological polar surface area (TPSA) is 35.5 Å². The number of ether oxygens (including phenoxy) is 2. The Bertz CT molecular complexity index is 222. The van der Waals surface area contributed by atoms with Crippen molar-refractivity contribution in [1.82, 2.24) is 0 Å². The summed E-state index contributed by atoms with van der Waals surface area (Å²) in [6, 6.07) is 0. The lowest BCUT2D eigenvalue weighted by Crippen LogP contribution is -2.30. The van der Waals surface area contributed by atoms with Crippen LogP contribution in [-0.2, 0) is 14.3 Å². The lowest BCUT2D eigenvalue weighted by molar-refractivity contribution is -0.148. The number of esters is 1. The van der Waals surface area contributed by atoms with Crippen molar-refractivity contribution in [3.8, 4) is 0 Å². The van der Waals surface area contributed by atoms with E-state index in [9.17, 15) is 4.79 Å². The molecule has 2 heterocycles. The quantitative estimate of drug-likeness (QED) is 0.513. The van der Waals surface area contributed by atoms with Crippen LogP contribution in [0.3, 0.4) is 0 Å². The van der Waals surface area contributed by atoms with Gasteiger partial charge in [0.25, 0.3) is 0 Å². The fourth-order valence-corrected chi connectivity index (χ4v) is 2.10. The van der Waals surface area contributed by atoms with E-state index in [0.717, 1.165) is 12.8 Å². The standard InChI is InChI=1S/C9H14O3/c1-8(2)5-9(6-11-8)4-3-7(10)12-9/h3-6H2,1-2H3. The number of hydrogen-bond acceptors (Lipinski definition) is 3. The van der Waals surface area contributed by atoms with E-state index in [2.05, 4.69) is 0 Å². The van der Waals surface area contributed by atoms with Gasteiger partial charge in [-0.3, -0.25) is 4.79 Å². The highest BCUT2D eigenvalue weighted by Gasteiger charge is 2.50. The number of carbonyl (C=O) groups is 1. The molecule has 12 heavy (non-hydrogen) atoms. The molecule has 68 valence electrons. The normalized spacial score (nSPS) is 39.0. The van der Waals surface area contributed by atoms with Gasteiger partial charge >= 0.3 is 5.97 Å². The lowest BCUT2D eigenvalue weighted by atomic mass is 9.91. The molecule has 0 aromatic carbocycles. The largest absolute Gasteiger partial charge is 0.456 e. The lowest BCUT2D eigenvalue weighted by Gasteiger charge is -2.21. The molecular formula is C9H14O3. The fraction of sp³-hybridized carbons (Fsp3) is 0.889. The van der Waals surface area contributed by atoms with Gasteiger partial charge < -0.3 is 9.47 Å². The molecule has 0 aromatic heterocycles. The van der Waals surface area contributed by atoms with E-state index >= 15 is 0 Å². The van der Waals surface area contributed by atoms with E-state index in [1.165, 1.54) is 0 Å². The van der Waals surface area contributed by atoms with Gasteiger partial charge in [0.15, 0.2) is 0 Å². The first-order valence-electron chi connectivity index (χ1n) is 4.37. The summed E-state index contributed by atoms with van der Waals surface area (Å²) in [5.74, 6) is -0.0729. The molecule has 3 nitrogen and oxygen atoms in total. The zero-order valence-electron chi connectivity index (χ0n) is 7.55. The third-order valence-electron chi connectivity index (χ3n) is 2.59. The zero-order valence-corrected chi connectivity index (χ0v) is 7.55. The summed E-state index contributed by atoms with van der Waals surface area (Å²) in [5, 5.41) is 0. The summed E-state index contributed by atoms with van der Waals surface area (Å²) in [7, 11) is 0. The molecule has 2 rings (SSSR count). The van der Waals surface area contributed by atoms with Gasteiger partial charge in [0.1, 0.15) is 5.60 Å². The second kappa shape index (κ2) is 2.22. The van der Waals surface area contributed by atoms with E-state index < -0.39 is 0 Å². The number of carbonyl (C=O) groups excluding carboxylic acids is 1. The first kappa shape index (κ1) is 8.05. The summed E-state index contributed by atoms with van der Waals surface area (Å²) >= 11 is 0. The molecule has 1 spiro atoms. The van der Waals surface area contributed by atoms with Crippen molar-refractivity contribution in [1.29, 1.82) is 0 Å². The minimum atomic E-state index is -0.277. The third-order valence-corrected chi connectivity index (χ3v) is 2.59. The molecule has 0 aliphatic carbocycles. The van der Waals surface area contributed by atoms with Crippen molar-refractivity contribution >= 4 is 5.97 Å². The van der Waals surface area contributed by atoms with Gasteiger partial charge in [0, 0.05) is 19.3 Å². The van der Waals surface area contributed by atoms with Crippen LogP contribution in [0.25, 0.3) is 0 Å². The Morgan fingerprint density at radius 1 is 1.42 bits per heavy atom. The van der Waals surface area contributed by atoms with Crippen LogP contribution in [0.1, 0.15) is 33.1 Å². The molecule has 1 atom stereocenters. The zero-order chi connectivity index (χ0) is 8.82. The van der Waals surface area contributed by atoms with Crippen LogP contribution < -0.4 is 0 Å². The van der Waals surface area contributed by atoms with Crippen LogP contribution in [-0.4, -0.2) is 23.8 Å². The van der Waals surface area contributed by atoms with Gasteiger partial charge in [-0.15, -0.1) is 0 Å². The molecule has 2 aliphatic heterocycles. The summed E-state index contributed by atoms with van der Waals surface area (Å²) in [5.41, 5.74) is -0.398. The molecule has 2 saturated heterocycles. The van der Waals surface area contributed by atoms with E-state index in [-0.39, 0.29) is 17.2 Å². The van der Waals surface area contributed by atoms with Gasteiger partial charge in [-0.25, -0.2) is 0 Å². The van der Waals surface area contributed by atoms with E-state index in [0.29, 0.717) is 13.0 Å². The second-order valence-electron chi connectivity index (χ2n) is 4.38. The first-order valence-corrected chi connectivity index (χ1v) is 4.37. The number of hydrogen-bond donors (Lipinski definition) is 0. The Morgan fingerprint density at radius 2 is 2.17 bits per heavy atom. The maximum Gasteiger partial charge on any atom is 0.306 e. The van der Waals surface area contributed by atoms with Gasteiger partial charge in [0.2, 0.25) is 0 Å². The van der Waals surface area contributed by atoms with Crippen molar-refractivity contribution in [3.63, 3.8) is 0 Å². The van der Waals surface area contributed by atoms with Crippen molar-refractivity contribution < 1.29 is 14.3 Å². The Hall–Kier alpha value is -0.570. The highest BCUT2D eigenvalue weighted by Crippen LogP contribution is 2.41. The molecule has 2 fully saturated rings. The third kappa shape index (κ3) is 1.22. The van der Waals surface area contributed by atoms with E-state index in [1.54, 1.807) is 0 Å². The highest BCUT2D eigenvalue weighted by molar-refractivity contribution is 5.72. The summed E-state index contributed by atoms with van der Waals surface area (Å²) in [6.45, 7) is 4.65. The van der Waals surface area contributed by atoms with Gasteiger partial charge in [-0.1, -0.05) is 0 Å².